The molecule has 1 rings (SSSR count). The van der Waals surface area contributed by atoms with Crippen LogP contribution in [-0.2, 0) is 29.0 Å². The third-order valence-electron chi connectivity index (χ3n) is 3.01. The maximum atomic E-state index is 11.6. The molecule has 0 aliphatic carbocycles. The average Bonchev–Trinajstić information content (AvgIpc) is 2.81. The summed E-state index contributed by atoms with van der Waals surface area (Å²) in [6, 6.07) is 2.10. The van der Waals surface area contributed by atoms with E-state index in [1.807, 2.05) is 16.5 Å². The molecule has 112 valence electrons. The van der Waals surface area contributed by atoms with Crippen molar-refractivity contribution >= 4 is 5.97 Å². The Morgan fingerprint density at radius 1 is 1.50 bits per heavy atom. The summed E-state index contributed by atoms with van der Waals surface area (Å²) in [5.74, 6) is -0.201. The molecule has 0 saturated heterocycles. The Kier molecular flexibility index (Phi) is 7.01. The number of aromatic nitrogens is 2. The summed E-state index contributed by atoms with van der Waals surface area (Å²) in [4.78, 5) is 13.6. The van der Waals surface area contributed by atoms with Gasteiger partial charge in [0.05, 0.1) is 24.5 Å². The Bertz CT molecular complexity index is 440. The van der Waals surface area contributed by atoms with Gasteiger partial charge in [0, 0.05) is 19.6 Å². The van der Waals surface area contributed by atoms with Gasteiger partial charge in [0.25, 0.3) is 0 Å². The topological polar surface area (TPSA) is 47.4 Å². The van der Waals surface area contributed by atoms with Crippen LogP contribution in [0.15, 0.2) is 18.7 Å². The number of nitrogens with zero attached hydrogens (tertiary/aromatic N) is 3. The molecule has 0 aromatic carbocycles. The van der Waals surface area contributed by atoms with Gasteiger partial charge in [-0.3, -0.25) is 14.4 Å². The van der Waals surface area contributed by atoms with E-state index in [9.17, 15) is 4.79 Å². The zero-order chi connectivity index (χ0) is 15.0. The third-order valence-corrected chi connectivity index (χ3v) is 3.01. The first-order valence-corrected chi connectivity index (χ1v) is 7.18. The second kappa shape index (κ2) is 8.53. The number of carbonyl (C=O) groups is 1. The van der Waals surface area contributed by atoms with Crippen LogP contribution in [0.4, 0.5) is 0 Å². The van der Waals surface area contributed by atoms with Crippen LogP contribution in [-0.4, -0.2) is 40.3 Å². The normalized spacial score (nSPS) is 10.8. The van der Waals surface area contributed by atoms with E-state index in [1.54, 1.807) is 6.08 Å². The zero-order valence-corrected chi connectivity index (χ0v) is 12.8. The van der Waals surface area contributed by atoms with E-state index in [0.717, 1.165) is 24.4 Å². The lowest BCUT2D eigenvalue weighted by atomic mass is 10.3. The second-order valence-corrected chi connectivity index (χ2v) is 4.56. The summed E-state index contributed by atoms with van der Waals surface area (Å²) in [6.07, 6.45) is 2.71. The molecule has 0 unspecified atom stereocenters. The number of carbonyl (C=O) groups excluding carboxylic acids is 1. The van der Waals surface area contributed by atoms with Crippen LogP contribution in [0.1, 0.15) is 32.2 Å². The molecule has 0 amide bonds. The van der Waals surface area contributed by atoms with Gasteiger partial charge in [0.2, 0.25) is 0 Å². The summed E-state index contributed by atoms with van der Waals surface area (Å²) in [7, 11) is 0. The predicted molar refractivity (Wildman–Crippen MR) is 79.4 cm³/mol. The Hall–Kier alpha value is -1.62. The van der Waals surface area contributed by atoms with Gasteiger partial charge in [-0.25, -0.2) is 0 Å². The van der Waals surface area contributed by atoms with Crippen LogP contribution in [0.25, 0.3) is 0 Å². The van der Waals surface area contributed by atoms with E-state index in [-0.39, 0.29) is 12.5 Å². The van der Waals surface area contributed by atoms with Crippen LogP contribution in [0.2, 0.25) is 0 Å². The van der Waals surface area contributed by atoms with Gasteiger partial charge in [0.1, 0.15) is 0 Å². The highest BCUT2D eigenvalue weighted by atomic mass is 16.5. The Morgan fingerprint density at radius 2 is 2.25 bits per heavy atom. The van der Waals surface area contributed by atoms with Gasteiger partial charge in [-0.05, 0) is 26.3 Å². The molecule has 0 saturated carbocycles. The average molecular weight is 279 g/mol. The van der Waals surface area contributed by atoms with Crippen LogP contribution in [0.5, 0.6) is 0 Å². The summed E-state index contributed by atoms with van der Waals surface area (Å²) < 4.78 is 6.99. The second-order valence-electron chi connectivity index (χ2n) is 4.56. The fourth-order valence-corrected chi connectivity index (χ4v) is 2.07. The molecule has 0 fully saturated rings. The minimum atomic E-state index is -0.201. The molecule has 20 heavy (non-hydrogen) atoms. The van der Waals surface area contributed by atoms with E-state index in [2.05, 4.69) is 31.6 Å². The maximum Gasteiger partial charge on any atom is 0.320 e. The predicted octanol–water partition coefficient (Wildman–Crippen LogP) is 2.02. The van der Waals surface area contributed by atoms with Gasteiger partial charge in [-0.2, -0.15) is 5.10 Å². The highest BCUT2D eigenvalue weighted by Gasteiger charge is 2.14. The summed E-state index contributed by atoms with van der Waals surface area (Å²) in [5.41, 5.74) is 2.20. The smallest absolute Gasteiger partial charge is 0.320 e. The molecule has 1 heterocycles. The summed E-state index contributed by atoms with van der Waals surface area (Å²) in [5, 5.41) is 4.52. The molecule has 0 radical (unpaired) electrons. The zero-order valence-electron chi connectivity index (χ0n) is 12.8. The van der Waals surface area contributed by atoms with Gasteiger partial charge in [0.15, 0.2) is 0 Å². The molecule has 1 aromatic heterocycles. The van der Waals surface area contributed by atoms with Crippen molar-refractivity contribution in [1.29, 1.82) is 0 Å². The van der Waals surface area contributed by atoms with Gasteiger partial charge >= 0.3 is 5.97 Å². The monoisotopic (exact) mass is 279 g/mol. The van der Waals surface area contributed by atoms with Crippen molar-refractivity contribution in [3.63, 3.8) is 0 Å². The molecule has 5 heteroatoms. The van der Waals surface area contributed by atoms with E-state index >= 15 is 0 Å². The maximum absolute atomic E-state index is 11.6. The molecular formula is C15H25N3O2. The molecule has 1 aromatic rings. The molecule has 0 spiro atoms. The number of hydrogen-bond acceptors (Lipinski definition) is 4. The van der Waals surface area contributed by atoms with Crippen LogP contribution >= 0.6 is 0 Å². The first kappa shape index (κ1) is 16.4. The van der Waals surface area contributed by atoms with E-state index in [4.69, 9.17) is 4.74 Å². The van der Waals surface area contributed by atoms with Crippen molar-refractivity contribution in [2.75, 3.05) is 19.7 Å². The number of ether oxygens (including phenoxy) is 1. The Balaban J connectivity index is 2.76. The van der Waals surface area contributed by atoms with Crippen molar-refractivity contribution in [3.8, 4) is 0 Å². The molecular weight excluding hydrogens is 254 g/mol. The van der Waals surface area contributed by atoms with E-state index < -0.39 is 0 Å². The van der Waals surface area contributed by atoms with Gasteiger partial charge in [-0.15, -0.1) is 6.58 Å². The van der Waals surface area contributed by atoms with Crippen LogP contribution in [0.3, 0.4) is 0 Å². The Morgan fingerprint density at radius 3 is 2.80 bits per heavy atom. The molecule has 0 aliphatic rings. The Labute approximate surface area is 121 Å². The number of esters is 1. The van der Waals surface area contributed by atoms with Gasteiger partial charge < -0.3 is 4.74 Å². The quantitative estimate of drug-likeness (QED) is 0.512. The molecule has 0 aliphatic heterocycles. The van der Waals surface area contributed by atoms with Crippen LogP contribution in [0, 0.1) is 0 Å². The standard InChI is InChI=1S/C15H25N3O2/c1-5-9-17(12-15(19)20-8-4)11-14-10-13(6-2)16-18(14)7-3/h5,10H,1,6-9,11-12H2,2-4H3. The lowest BCUT2D eigenvalue weighted by molar-refractivity contribution is -0.144. The highest BCUT2D eigenvalue weighted by Crippen LogP contribution is 2.09. The SMILES string of the molecule is C=CCN(CC(=O)OCC)Cc1cc(CC)nn1CC. The van der Waals surface area contributed by atoms with E-state index in [0.29, 0.717) is 19.7 Å². The first-order valence-electron chi connectivity index (χ1n) is 7.18. The lowest BCUT2D eigenvalue weighted by Gasteiger charge is -2.19. The minimum absolute atomic E-state index is 0.201. The van der Waals surface area contributed by atoms with Crippen molar-refractivity contribution in [2.24, 2.45) is 0 Å². The number of rotatable bonds is 9. The van der Waals surface area contributed by atoms with Crippen molar-refractivity contribution in [3.05, 3.63) is 30.1 Å². The highest BCUT2D eigenvalue weighted by molar-refractivity contribution is 5.71. The summed E-state index contributed by atoms with van der Waals surface area (Å²) in [6.45, 7) is 12.6. The molecule has 5 nitrogen and oxygen atoms in total. The third kappa shape index (κ3) is 4.81. The van der Waals surface area contributed by atoms with Crippen LogP contribution < -0.4 is 0 Å². The lowest BCUT2D eigenvalue weighted by Crippen LogP contribution is -2.31. The fraction of sp³-hybridized carbons (Fsp3) is 0.600. The number of hydrogen-bond donors (Lipinski definition) is 0. The van der Waals surface area contributed by atoms with Crippen molar-refractivity contribution in [1.82, 2.24) is 14.7 Å². The van der Waals surface area contributed by atoms with Crippen molar-refractivity contribution in [2.45, 2.75) is 40.3 Å². The molecule has 0 atom stereocenters. The number of aryl methyl sites for hydroxylation is 2. The largest absolute Gasteiger partial charge is 0.465 e. The van der Waals surface area contributed by atoms with E-state index in [1.165, 1.54) is 0 Å². The summed E-state index contributed by atoms with van der Waals surface area (Å²) >= 11 is 0. The van der Waals surface area contributed by atoms with Gasteiger partial charge in [-0.1, -0.05) is 13.0 Å². The molecule has 0 N–H and O–H groups in total. The fourth-order valence-electron chi connectivity index (χ4n) is 2.07. The molecule has 0 bridgehead atoms. The van der Waals surface area contributed by atoms with Crippen molar-refractivity contribution < 1.29 is 9.53 Å². The first-order chi connectivity index (χ1) is 9.64. The minimum Gasteiger partial charge on any atom is -0.465 e.